The minimum atomic E-state index is 0.461. The summed E-state index contributed by atoms with van der Waals surface area (Å²) >= 11 is 5.43. The maximum atomic E-state index is 5.43. The van der Waals surface area contributed by atoms with Crippen molar-refractivity contribution in [3.63, 3.8) is 0 Å². The summed E-state index contributed by atoms with van der Waals surface area (Å²) in [6.07, 6.45) is 4.70. The van der Waals surface area contributed by atoms with Crippen molar-refractivity contribution in [2.75, 3.05) is 46.7 Å². The van der Waals surface area contributed by atoms with Gasteiger partial charge in [-0.15, -0.1) is 0 Å². The molecule has 4 rings (SSSR count). The molecule has 0 radical (unpaired) electrons. The molecule has 29 heavy (non-hydrogen) atoms. The number of rotatable bonds is 5. The van der Waals surface area contributed by atoms with E-state index in [4.69, 9.17) is 17.2 Å². The first kappa shape index (κ1) is 19.6. The van der Waals surface area contributed by atoms with Crippen LogP contribution in [0.5, 0.6) is 0 Å². The predicted octanol–water partition coefficient (Wildman–Crippen LogP) is 3.00. The number of hydrazine groups is 1. The fourth-order valence-electron chi connectivity index (χ4n) is 3.75. The molecule has 0 bridgehead atoms. The Labute approximate surface area is 177 Å². The first-order chi connectivity index (χ1) is 14.1. The van der Waals surface area contributed by atoms with Crippen LogP contribution < -0.4 is 26.0 Å². The molecule has 0 saturated carbocycles. The third-order valence-electron chi connectivity index (χ3n) is 5.31. The lowest BCUT2D eigenvalue weighted by molar-refractivity contribution is 0.834. The lowest BCUT2D eigenvalue weighted by Crippen LogP contribution is -2.35. The SMILES string of the molecule is Cc1ccc(NC(=S)NNc2nc(N3CCCC3)nc(N3CCCC3)n2)c(C)c1. The Morgan fingerprint density at radius 2 is 1.48 bits per heavy atom. The largest absolute Gasteiger partial charge is 0.341 e. The van der Waals surface area contributed by atoms with Crippen LogP contribution in [0.1, 0.15) is 36.8 Å². The van der Waals surface area contributed by atoms with Gasteiger partial charge in [0, 0.05) is 31.9 Å². The van der Waals surface area contributed by atoms with Gasteiger partial charge in [-0.05, 0) is 63.4 Å². The van der Waals surface area contributed by atoms with Gasteiger partial charge in [0.25, 0.3) is 0 Å². The Morgan fingerprint density at radius 1 is 0.897 bits per heavy atom. The third kappa shape index (κ3) is 4.84. The Kier molecular flexibility index (Phi) is 5.94. The molecule has 2 aromatic rings. The second-order valence-electron chi connectivity index (χ2n) is 7.67. The van der Waals surface area contributed by atoms with E-state index in [-0.39, 0.29) is 0 Å². The molecule has 0 unspecified atom stereocenters. The lowest BCUT2D eigenvalue weighted by Gasteiger charge is -2.21. The van der Waals surface area contributed by atoms with Crippen LogP contribution in [0.15, 0.2) is 18.2 Å². The molecule has 154 valence electrons. The number of thiocarbonyl (C=S) groups is 1. The second kappa shape index (κ2) is 8.77. The van der Waals surface area contributed by atoms with E-state index in [1.807, 2.05) is 6.07 Å². The number of aromatic nitrogens is 3. The van der Waals surface area contributed by atoms with Crippen LogP contribution in [-0.2, 0) is 0 Å². The Hall–Kier alpha value is -2.68. The summed E-state index contributed by atoms with van der Waals surface area (Å²) in [4.78, 5) is 18.4. The average molecular weight is 413 g/mol. The summed E-state index contributed by atoms with van der Waals surface area (Å²) in [5, 5.41) is 3.67. The van der Waals surface area contributed by atoms with Gasteiger partial charge in [-0.25, -0.2) is 0 Å². The molecule has 3 N–H and O–H groups in total. The number of hydrogen-bond acceptors (Lipinski definition) is 7. The molecule has 3 heterocycles. The van der Waals surface area contributed by atoms with Crippen molar-refractivity contribution in [2.24, 2.45) is 0 Å². The number of aryl methyl sites for hydroxylation is 2. The first-order valence-corrected chi connectivity index (χ1v) is 10.7. The van der Waals surface area contributed by atoms with Crippen molar-refractivity contribution in [1.82, 2.24) is 20.4 Å². The molecular weight excluding hydrogens is 384 g/mol. The van der Waals surface area contributed by atoms with Crippen molar-refractivity contribution in [3.05, 3.63) is 29.3 Å². The summed E-state index contributed by atoms with van der Waals surface area (Å²) in [5.74, 6) is 1.95. The van der Waals surface area contributed by atoms with E-state index >= 15 is 0 Å². The van der Waals surface area contributed by atoms with Crippen LogP contribution in [0.3, 0.4) is 0 Å². The minimum absolute atomic E-state index is 0.461. The van der Waals surface area contributed by atoms with Crippen molar-refractivity contribution < 1.29 is 0 Å². The number of anilines is 4. The number of hydrogen-bond donors (Lipinski definition) is 3. The van der Waals surface area contributed by atoms with Gasteiger partial charge in [0.2, 0.25) is 17.8 Å². The summed E-state index contributed by atoms with van der Waals surface area (Å²) < 4.78 is 0. The van der Waals surface area contributed by atoms with Gasteiger partial charge in [0.05, 0.1) is 0 Å². The van der Waals surface area contributed by atoms with Gasteiger partial charge in [0.15, 0.2) is 5.11 Å². The molecular formula is C20H28N8S. The third-order valence-corrected chi connectivity index (χ3v) is 5.51. The van der Waals surface area contributed by atoms with Crippen molar-refractivity contribution in [3.8, 4) is 0 Å². The molecule has 0 aliphatic carbocycles. The Bertz CT molecular complexity index is 841. The topological polar surface area (TPSA) is 81.2 Å². The second-order valence-corrected chi connectivity index (χ2v) is 8.08. The van der Waals surface area contributed by atoms with Crippen molar-refractivity contribution in [1.29, 1.82) is 0 Å². The van der Waals surface area contributed by atoms with E-state index in [0.29, 0.717) is 11.1 Å². The van der Waals surface area contributed by atoms with Crippen LogP contribution in [0, 0.1) is 13.8 Å². The highest BCUT2D eigenvalue weighted by atomic mass is 32.1. The summed E-state index contributed by atoms with van der Waals surface area (Å²) in [6.45, 7) is 8.09. The van der Waals surface area contributed by atoms with Crippen LogP contribution >= 0.6 is 12.2 Å². The van der Waals surface area contributed by atoms with Crippen LogP contribution in [0.4, 0.5) is 23.5 Å². The summed E-state index contributed by atoms with van der Waals surface area (Å²) in [6, 6.07) is 6.20. The molecule has 0 atom stereocenters. The molecule has 2 fully saturated rings. The van der Waals surface area contributed by atoms with Crippen molar-refractivity contribution in [2.45, 2.75) is 39.5 Å². The van der Waals surface area contributed by atoms with Crippen molar-refractivity contribution >= 4 is 40.9 Å². The summed E-state index contributed by atoms with van der Waals surface area (Å²) in [7, 11) is 0. The standard InChI is InChI=1S/C20H28N8S/c1-14-7-8-16(15(2)13-14)21-20(29)26-25-17-22-18(27-9-3-4-10-27)24-19(23-17)28-11-5-6-12-28/h7-8,13H,3-6,9-12H2,1-2H3,(H2,21,26,29)(H,22,23,24,25). The maximum Gasteiger partial charge on any atom is 0.248 e. The molecule has 0 spiro atoms. The van der Waals surface area contributed by atoms with E-state index in [1.165, 1.54) is 31.2 Å². The maximum absolute atomic E-state index is 5.43. The van der Waals surface area contributed by atoms with Crippen LogP contribution in [0.2, 0.25) is 0 Å². The zero-order chi connectivity index (χ0) is 20.2. The number of benzene rings is 1. The van der Waals surface area contributed by atoms with Gasteiger partial charge in [0.1, 0.15) is 0 Å². The van der Waals surface area contributed by atoms with Crippen LogP contribution in [-0.4, -0.2) is 46.2 Å². The Morgan fingerprint density at radius 3 is 2.03 bits per heavy atom. The number of nitrogens with one attached hydrogen (secondary N) is 3. The predicted molar refractivity (Wildman–Crippen MR) is 122 cm³/mol. The van der Waals surface area contributed by atoms with Gasteiger partial charge < -0.3 is 15.1 Å². The Balaban J connectivity index is 1.45. The molecule has 9 heteroatoms. The number of nitrogens with zero attached hydrogens (tertiary/aromatic N) is 5. The molecule has 8 nitrogen and oxygen atoms in total. The first-order valence-electron chi connectivity index (χ1n) is 10.2. The van der Waals surface area contributed by atoms with E-state index in [9.17, 15) is 0 Å². The van der Waals surface area contributed by atoms with Gasteiger partial charge in [-0.1, -0.05) is 17.7 Å². The molecule has 2 aliphatic rings. The minimum Gasteiger partial charge on any atom is -0.341 e. The quantitative estimate of drug-likeness (QED) is 0.507. The average Bonchev–Trinajstić information content (AvgIpc) is 3.42. The fourth-order valence-corrected chi connectivity index (χ4v) is 3.91. The highest BCUT2D eigenvalue weighted by Gasteiger charge is 2.21. The van der Waals surface area contributed by atoms with E-state index in [1.54, 1.807) is 0 Å². The fraction of sp³-hybridized carbons (Fsp3) is 0.500. The highest BCUT2D eigenvalue weighted by molar-refractivity contribution is 7.80. The molecule has 0 amide bonds. The smallest absolute Gasteiger partial charge is 0.248 e. The van der Waals surface area contributed by atoms with E-state index in [0.717, 1.165) is 49.3 Å². The van der Waals surface area contributed by atoms with E-state index in [2.05, 4.69) is 61.9 Å². The van der Waals surface area contributed by atoms with Gasteiger partial charge in [-0.3, -0.25) is 10.9 Å². The highest BCUT2D eigenvalue weighted by Crippen LogP contribution is 2.22. The van der Waals surface area contributed by atoms with Crippen LogP contribution in [0.25, 0.3) is 0 Å². The monoisotopic (exact) mass is 412 g/mol. The lowest BCUT2D eigenvalue weighted by atomic mass is 10.1. The molecule has 2 aliphatic heterocycles. The summed E-state index contributed by atoms with van der Waals surface area (Å²) in [5.41, 5.74) is 9.39. The molecule has 1 aromatic heterocycles. The molecule has 1 aromatic carbocycles. The van der Waals surface area contributed by atoms with Gasteiger partial charge >= 0.3 is 0 Å². The zero-order valence-corrected chi connectivity index (χ0v) is 17.8. The normalized spacial score (nSPS) is 16.2. The molecule has 2 saturated heterocycles. The van der Waals surface area contributed by atoms with Gasteiger partial charge in [-0.2, -0.15) is 15.0 Å². The zero-order valence-electron chi connectivity index (χ0n) is 17.0. The van der Waals surface area contributed by atoms with E-state index < -0.39 is 0 Å².